The third-order valence-electron chi connectivity index (χ3n) is 8.89. The van der Waals surface area contributed by atoms with Gasteiger partial charge in [-0.05, 0) is 44.5 Å². The average molecular weight is 645 g/mol. The van der Waals surface area contributed by atoms with Gasteiger partial charge in [-0.3, -0.25) is 9.80 Å². The van der Waals surface area contributed by atoms with Crippen LogP contribution in [0.25, 0.3) is 22.3 Å². The van der Waals surface area contributed by atoms with Gasteiger partial charge in [0.15, 0.2) is 0 Å². The van der Waals surface area contributed by atoms with Crippen molar-refractivity contribution in [2.45, 2.75) is 37.0 Å². The highest BCUT2D eigenvalue weighted by atomic mass is 16.5. The minimum Gasteiger partial charge on any atom is -0.480 e. The second-order valence-corrected chi connectivity index (χ2v) is 11.4. The standard InChI is InChI=1S/C38H32N2O8/c1-47-37(45)39(33-27-17-7-3-13-23(27)24-14-4-8-18-28(24)33)31(35(41)42)21-11-12-22-32(36(43)44)40(38(46)48-2)34-29-19-9-5-15-25(29)26-16-6-10-20-30(26)34/h3-10,13-20,31-34H,21-22H2,1-2H3,(H,41,42)(H,43,44)/t31-,32-/m0/s1. The third-order valence-corrected chi connectivity index (χ3v) is 8.89. The first-order valence-corrected chi connectivity index (χ1v) is 15.3. The number of carbonyl (C=O) groups excluding carboxylic acids is 2. The third kappa shape index (κ3) is 5.49. The van der Waals surface area contributed by atoms with Crippen molar-refractivity contribution in [2.24, 2.45) is 0 Å². The number of benzene rings is 4. The zero-order chi connectivity index (χ0) is 33.9. The summed E-state index contributed by atoms with van der Waals surface area (Å²) in [5.41, 5.74) is 6.52. The Morgan fingerprint density at radius 3 is 1.08 bits per heavy atom. The molecule has 6 rings (SSSR count). The van der Waals surface area contributed by atoms with E-state index in [0.29, 0.717) is 0 Å². The number of aliphatic carboxylic acids is 2. The van der Waals surface area contributed by atoms with E-state index in [-0.39, 0.29) is 12.8 Å². The predicted molar refractivity (Wildman–Crippen MR) is 176 cm³/mol. The van der Waals surface area contributed by atoms with Crippen LogP contribution in [0.1, 0.15) is 47.2 Å². The molecule has 0 aromatic heterocycles. The first-order valence-electron chi connectivity index (χ1n) is 15.3. The molecule has 0 heterocycles. The molecule has 0 radical (unpaired) electrons. The van der Waals surface area contributed by atoms with Gasteiger partial charge in [0, 0.05) is 12.8 Å². The summed E-state index contributed by atoms with van der Waals surface area (Å²) in [6.07, 6.45) is -2.35. The van der Waals surface area contributed by atoms with Crippen LogP contribution in [0.3, 0.4) is 0 Å². The highest BCUT2D eigenvalue weighted by Gasteiger charge is 2.43. The number of hydrogen-bond donors (Lipinski definition) is 2. The molecule has 0 fully saturated rings. The molecule has 2 amide bonds. The van der Waals surface area contributed by atoms with Crippen molar-refractivity contribution in [3.05, 3.63) is 119 Å². The van der Waals surface area contributed by atoms with Gasteiger partial charge in [0.05, 0.1) is 26.3 Å². The minimum atomic E-state index is -1.44. The highest BCUT2D eigenvalue weighted by Crippen LogP contribution is 2.48. The summed E-state index contributed by atoms with van der Waals surface area (Å²) in [4.78, 5) is 54.4. The van der Waals surface area contributed by atoms with Crippen molar-refractivity contribution in [2.75, 3.05) is 14.2 Å². The van der Waals surface area contributed by atoms with Crippen molar-refractivity contribution in [1.29, 1.82) is 0 Å². The summed E-state index contributed by atoms with van der Waals surface area (Å²) in [6, 6.07) is 25.4. The lowest BCUT2D eigenvalue weighted by atomic mass is 10.00. The molecule has 0 aliphatic heterocycles. The molecular formula is C38H32N2O8. The van der Waals surface area contributed by atoms with Crippen LogP contribution in [0.2, 0.25) is 0 Å². The van der Waals surface area contributed by atoms with E-state index in [4.69, 9.17) is 9.47 Å². The van der Waals surface area contributed by atoms with Crippen molar-refractivity contribution < 1.29 is 38.9 Å². The second kappa shape index (κ2) is 13.3. The number of amides is 2. The molecule has 0 bridgehead atoms. The quantitative estimate of drug-likeness (QED) is 0.212. The largest absolute Gasteiger partial charge is 0.480 e. The average Bonchev–Trinajstić information content (AvgIpc) is 3.61. The van der Waals surface area contributed by atoms with Crippen LogP contribution in [0.4, 0.5) is 9.59 Å². The van der Waals surface area contributed by atoms with Crippen molar-refractivity contribution >= 4 is 24.1 Å². The fraction of sp³-hybridized carbons (Fsp3) is 0.211. The van der Waals surface area contributed by atoms with Gasteiger partial charge < -0.3 is 19.7 Å². The van der Waals surface area contributed by atoms with E-state index >= 15 is 0 Å². The Balaban J connectivity index is 1.32. The van der Waals surface area contributed by atoms with Crippen molar-refractivity contribution in [3.63, 3.8) is 0 Å². The van der Waals surface area contributed by atoms with Gasteiger partial charge in [0.25, 0.3) is 0 Å². The molecule has 242 valence electrons. The number of hydrogen-bond acceptors (Lipinski definition) is 6. The molecule has 4 aromatic carbocycles. The topological polar surface area (TPSA) is 134 Å². The maximum absolute atomic E-state index is 13.3. The molecule has 48 heavy (non-hydrogen) atoms. The summed E-state index contributed by atoms with van der Waals surface area (Å²) in [5.74, 6) is 2.99. The molecule has 0 saturated heterocycles. The van der Waals surface area contributed by atoms with Crippen LogP contribution in [-0.2, 0) is 19.1 Å². The summed E-state index contributed by atoms with van der Waals surface area (Å²) < 4.78 is 10.2. The molecule has 4 aromatic rings. The van der Waals surface area contributed by atoms with Crippen LogP contribution in [0.5, 0.6) is 0 Å². The maximum Gasteiger partial charge on any atom is 0.411 e. The number of carboxylic acids is 2. The summed E-state index contributed by atoms with van der Waals surface area (Å²) >= 11 is 0. The number of carbonyl (C=O) groups is 4. The minimum absolute atomic E-state index is 0.328. The van der Waals surface area contributed by atoms with Gasteiger partial charge in [0.1, 0.15) is 12.1 Å². The summed E-state index contributed by atoms with van der Waals surface area (Å²) in [6.45, 7) is 0. The van der Waals surface area contributed by atoms with E-state index in [9.17, 15) is 29.4 Å². The maximum atomic E-state index is 13.3. The van der Waals surface area contributed by atoms with Gasteiger partial charge in [-0.1, -0.05) is 97.1 Å². The molecule has 10 heteroatoms. The number of nitrogens with zero attached hydrogens (tertiary/aromatic N) is 2. The Labute approximate surface area is 277 Å². The molecular weight excluding hydrogens is 612 g/mol. The summed E-state index contributed by atoms with van der Waals surface area (Å²) in [5, 5.41) is 20.8. The second-order valence-electron chi connectivity index (χ2n) is 11.4. The lowest BCUT2D eigenvalue weighted by molar-refractivity contribution is -0.144. The molecule has 0 saturated carbocycles. The smallest absolute Gasteiger partial charge is 0.411 e. The normalized spacial score (nSPS) is 13.8. The lowest BCUT2D eigenvalue weighted by Gasteiger charge is -2.33. The lowest BCUT2D eigenvalue weighted by Crippen LogP contribution is -2.47. The first kappa shape index (κ1) is 31.9. The molecule has 2 atom stereocenters. The SMILES string of the molecule is COC(=O)N(C1c2ccccc2-c2ccccc21)[C@@H](CC#CC[C@@H](C(=O)O)N(C(=O)OC)C1c2ccccc2-c2ccccc21)C(=O)O. The van der Waals surface area contributed by atoms with E-state index in [1.54, 1.807) is 0 Å². The Morgan fingerprint density at radius 1 is 0.562 bits per heavy atom. The Hall–Kier alpha value is -6.08. The van der Waals surface area contributed by atoms with Gasteiger partial charge >= 0.3 is 24.1 Å². The van der Waals surface area contributed by atoms with Crippen LogP contribution in [0.15, 0.2) is 97.1 Å². The van der Waals surface area contributed by atoms with E-state index in [1.165, 1.54) is 24.0 Å². The van der Waals surface area contributed by atoms with Crippen molar-refractivity contribution in [1.82, 2.24) is 9.80 Å². The van der Waals surface area contributed by atoms with Crippen LogP contribution in [-0.4, -0.2) is 70.4 Å². The van der Waals surface area contributed by atoms with Gasteiger partial charge in [0.2, 0.25) is 0 Å². The van der Waals surface area contributed by atoms with Crippen molar-refractivity contribution in [3.8, 4) is 34.1 Å². The molecule has 0 spiro atoms. The van der Waals surface area contributed by atoms with Gasteiger partial charge in [-0.2, -0.15) is 0 Å². The molecule has 2 aliphatic rings. The highest BCUT2D eigenvalue weighted by molar-refractivity contribution is 5.86. The molecule has 2 aliphatic carbocycles. The van der Waals surface area contributed by atoms with Crippen LogP contribution in [0, 0.1) is 11.8 Å². The zero-order valence-electron chi connectivity index (χ0n) is 26.2. The number of ether oxygens (including phenoxy) is 2. The molecule has 2 N–H and O–H groups in total. The Bertz CT molecular complexity index is 1750. The number of fused-ring (bicyclic) bond motifs is 6. The summed E-state index contributed by atoms with van der Waals surface area (Å²) in [7, 11) is 2.37. The van der Waals surface area contributed by atoms with Crippen LogP contribution < -0.4 is 0 Å². The predicted octanol–water partition coefficient (Wildman–Crippen LogP) is 6.35. The van der Waals surface area contributed by atoms with Gasteiger partial charge in [-0.15, -0.1) is 11.8 Å². The Kier molecular flexibility index (Phi) is 8.86. The number of rotatable bonds is 8. The molecule has 10 nitrogen and oxygen atoms in total. The van der Waals surface area contributed by atoms with Gasteiger partial charge in [-0.25, -0.2) is 19.2 Å². The zero-order valence-corrected chi connectivity index (χ0v) is 26.2. The Morgan fingerprint density at radius 2 is 0.833 bits per heavy atom. The number of carboxylic acid groups (broad SMARTS) is 2. The van der Waals surface area contributed by atoms with E-state index in [0.717, 1.165) is 44.5 Å². The number of methoxy groups -OCH3 is 2. The van der Waals surface area contributed by atoms with E-state index in [1.807, 2.05) is 97.1 Å². The van der Waals surface area contributed by atoms with E-state index < -0.39 is 48.3 Å². The van der Waals surface area contributed by atoms with E-state index in [2.05, 4.69) is 11.8 Å². The monoisotopic (exact) mass is 644 g/mol. The first-order chi connectivity index (χ1) is 23.3. The van der Waals surface area contributed by atoms with Crippen LogP contribution >= 0.6 is 0 Å². The fourth-order valence-corrected chi connectivity index (χ4v) is 6.84. The fourth-order valence-electron chi connectivity index (χ4n) is 6.84. The molecule has 0 unspecified atom stereocenters.